The highest BCUT2D eigenvalue weighted by atomic mass is 16.5. The topological polar surface area (TPSA) is 66.8 Å². The second kappa shape index (κ2) is 7.47. The molecule has 0 radical (unpaired) electrons. The zero-order valence-corrected chi connectivity index (χ0v) is 17.2. The van der Waals surface area contributed by atoms with Crippen molar-refractivity contribution < 1.29 is 19.7 Å². The summed E-state index contributed by atoms with van der Waals surface area (Å²) >= 11 is 0. The van der Waals surface area contributed by atoms with E-state index in [0.717, 1.165) is 19.3 Å². The highest BCUT2D eigenvalue weighted by Gasteiger charge is 2.53. The quantitative estimate of drug-likeness (QED) is 0.574. The molecule has 6 unspecified atom stereocenters. The maximum atomic E-state index is 11.8. The molecule has 148 valence electrons. The first-order valence-electron chi connectivity index (χ1n) is 9.83. The highest BCUT2D eigenvalue weighted by molar-refractivity contribution is 5.66. The fraction of sp³-hybridized carbons (Fsp3) is 0.773. The molecule has 0 saturated heterocycles. The second-order valence-electron chi connectivity index (χ2n) is 9.51. The first-order valence-corrected chi connectivity index (χ1v) is 9.83. The van der Waals surface area contributed by atoms with Crippen molar-refractivity contribution in [3.8, 4) is 0 Å². The number of allylic oxidation sites excluding steroid dienone is 3. The van der Waals surface area contributed by atoms with E-state index < -0.39 is 17.3 Å². The van der Waals surface area contributed by atoms with Crippen LogP contribution in [-0.2, 0) is 9.53 Å². The summed E-state index contributed by atoms with van der Waals surface area (Å²) in [5.41, 5.74) is -2.11. The molecule has 2 N–H and O–H groups in total. The molecule has 2 rings (SSSR count). The molecule has 0 aromatic carbocycles. The number of carbonyl (C=O) groups excluding carboxylic acids is 1. The van der Waals surface area contributed by atoms with Crippen molar-refractivity contribution >= 4 is 5.97 Å². The van der Waals surface area contributed by atoms with E-state index in [1.54, 1.807) is 6.92 Å². The van der Waals surface area contributed by atoms with Crippen LogP contribution in [0.4, 0.5) is 0 Å². The predicted molar refractivity (Wildman–Crippen MR) is 103 cm³/mol. The van der Waals surface area contributed by atoms with Crippen LogP contribution in [0.3, 0.4) is 0 Å². The molecule has 0 aromatic rings. The van der Waals surface area contributed by atoms with Crippen LogP contribution in [0.25, 0.3) is 0 Å². The van der Waals surface area contributed by atoms with Gasteiger partial charge in [-0.1, -0.05) is 38.2 Å². The van der Waals surface area contributed by atoms with Crippen molar-refractivity contribution in [3.63, 3.8) is 0 Å². The molecule has 0 heterocycles. The maximum absolute atomic E-state index is 11.8. The van der Waals surface area contributed by atoms with Crippen LogP contribution < -0.4 is 0 Å². The first-order chi connectivity index (χ1) is 11.8. The normalized spacial score (nSPS) is 43.8. The lowest BCUT2D eigenvalue weighted by molar-refractivity contribution is -0.158. The van der Waals surface area contributed by atoms with Gasteiger partial charge >= 0.3 is 5.97 Å². The molecule has 2 aliphatic rings. The van der Waals surface area contributed by atoms with Crippen LogP contribution in [0.15, 0.2) is 24.3 Å². The van der Waals surface area contributed by atoms with E-state index in [9.17, 15) is 15.0 Å². The molecule has 0 aliphatic heterocycles. The number of hydrogen-bond acceptors (Lipinski definition) is 4. The molecule has 26 heavy (non-hydrogen) atoms. The number of fused-ring (bicyclic) bond motifs is 1. The monoisotopic (exact) mass is 364 g/mol. The Morgan fingerprint density at radius 3 is 2.50 bits per heavy atom. The van der Waals surface area contributed by atoms with Gasteiger partial charge in [0.15, 0.2) is 0 Å². The lowest BCUT2D eigenvalue weighted by Gasteiger charge is -2.42. The lowest BCUT2D eigenvalue weighted by atomic mass is 9.68. The zero-order valence-electron chi connectivity index (χ0n) is 17.2. The summed E-state index contributed by atoms with van der Waals surface area (Å²) in [4.78, 5) is 11.8. The highest BCUT2D eigenvalue weighted by Crippen LogP contribution is 2.55. The van der Waals surface area contributed by atoms with Crippen LogP contribution in [0, 0.1) is 23.2 Å². The minimum atomic E-state index is -1.06. The molecule has 6 atom stereocenters. The minimum absolute atomic E-state index is 0.00246. The van der Waals surface area contributed by atoms with Crippen LogP contribution in [0.5, 0.6) is 0 Å². The predicted octanol–water partition coefficient (Wildman–Crippen LogP) is 4.01. The van der Waals surface area contributed by atoms with E-state index in [-0.39, 0.29) is 23.2 Å². The van der Waals surface area contributed by atoms with Crippen LogP contribution in [0.2, 0.25) is 0 Å². The molecule has 2 aliphatic carbocycles. The van der Waals surface area contributed by atoms with E-state index in [1.807, 2.05) is 26.0 Å². The van der Waals surface area contributed by atoms with Crippen LogP contribution in [0.1, 0.15) is 67.2 Å². The Labute approximate surface area is 158 Å². The van der Waals surface area contributed by atoms with E-state index >= 15 is 0 Å². The number of rotatable bonds is 2. The zero-order chi connectivity index (χ0) is 19.8. The maximum Gasteiger partial charge on any atom is 0.302 e. The smallest absolute Gasteiger partial charge is 0.302 e. The van der Waals surface area contributed by atoms with Crippen molar-refractivity contribution in [1.82, 2.24) is 0 Å². The minimum Gasteiger partial charge on any atom is -0.462 e. The molecule has 1 saturated carbocycles. The Morgan fingerprint density at radius 1 is 1.27 bits per heavy atom. The van der Waals surface area contributed by atoms with Gasteiger partial charge in [0, 0.05) is 19.3 Å². The Hall–Kier alpha value is -1.13. The van der Waals surface area contributed by atoms with Gasteiger partial charge in [-0.05, 0) is 57.3 Å². The van der Waals surface area contributed by atoms with Gasteiger partial charge in [-0.3, -0.25) is 4.79 Å². The standard InChI is InChI=1S/C22H36O4/c1-15-8-7-11-22(6,25)14-18(26-16(2)23)19-17(20(3,4)24)10-13-21(19,5)12-9-15/h7,9,11-12,15,17-19,24-25H,8,10,13-14H2,1-6H3/b11-7-,12-9-. The molecular weight excluding hydrogens is 328 g/mol. The summed E-state index contributed by atoms with van der Waals surface area (Å²) in [6, 6.07) is 0. The summed E-state index contributed by atoms with van der Waals surface area (Å²) in [6.45, 7) is 11.2. The summed E-state index contributed by atoms with van der Waals surface area (Å²) in [5.74, 6) is -0.0260. The Balaban J connectivity index is 2.54. The number of esters is 1. The number of carbonyl (C=O) groups is 1. The first kappa shape index (κ1) is 21.2. The molecule has 1 fully saturated rings. The van der Waals surface area contributed by atoms with Gasteiger partial charge in [0.25, 0.3) is 0 Å². The molecule has 0 aromatic heterocycles. The Morgan fingerprint density at radius 2 is 1.92 bits per heavy atom. The van der Waals surface area contributed by atoms with E-state index in [1.165, 1.54) is 6.92 Å². The molecular formula is C22H36O4. The largest absolute Gasteiger partial charge is 0.462 e. The number of hydrogen-bond donors (Lipinski definition) is 2. The summed E-state index contributed by atoms with van der Waals surface area (Å²) < 4.78 is 5.75. The van der Waals surface area contributed by atoms with Crippen molar-refractivity contribution in [2.45, 2.75) is 84.5 Å². The van der Waals surface area contributed by atoms with Crippen molar-refractivity contribution in [3.05, 3.63) is 24.3 Å². The summed E-state index contributed by atoms with van der Waals surface area (Å²) in [7, 11) is 0. The SMILES string of the molecule is CC(=O)OC1CC(C)(O)/C=C\CC(C)/C=C\C2(C)CCC(C(C)(C)O)C12. The molecule has 4 heteroatoms. The molecule has 0 amide bonds. The lowest BCUT2D eigenvalue weighted by Crippen LogP contribution is -2.47. The third-order valence-electron chi connectivity index (χ3n) is 6.22. The van der Waals surface area contributed by atoms with E-state index in [4.69, 9.17) is 4.74 Å². The summed E-state index contributed by atoms with van der Waals surface area (Å²) in [6.07, 6.45) is 10.9. The van der Waals surface area contributed by atoms with Gasteiger partial charge in [0.1, 0.15) is 6.10 Å². The fourth-order valence-corrected chi connectivity index (χ4v) is 4.87. The van der Waals surface area contributed by atoms with Crippen LogP contribution in [-0.4, -0.2) is 33.5 Å². The number of aliphatic hydroxyl groups is 2. The third-order valence-corrected chi connectivity index (χ3v) is 6.22. The average Bonchev–Trinajstić information content (AvgIpc) is 2.80. The third kappa shape index (κ3) is 4.98. The van der Waals surface area contributed by atoms with Crippen molar-refractivity contribution in [2.24, 2.45) is 23.2 Å². The van der Waals surface area contributed by atoms with E-state index in [0.29, 0.717) is 12.3 Å². The van der Waals surface area contributed by atoms with Gasteiger partial charge < -0.3 is 14.9 Å². The average molecular weight is 365 g/mol. The molecule has 0 spiro atoms. The summed E-state index contributed by atoms with van der Waals surface area (Å²) in [5, 5.41) is 21.7. The number of ether oxygens (including phenoxy) is 1. The van der Waals surface area contributed by atoms with Gasteiger partial charge in [-0.25, -0.2) is 0 Å². The van der Waals surface area contributed by atoms with Crippen LogP contribution >= 0.6 is 0 Å². The van der Waals surface area contributed by atoms with Gasteiger partial charge in [0.05, 0.1) is 11.2 Å². The van der Waals surface area contributed by atoms with Gasteiger partial charge in [0.2, 0.25) is 0 Å². The van der Waals surface area contributed by atoms with Crippen molar-refractivity contribution in [1.29, 1.82) is 0 Å². The second-order valence-corrected chi connectivity index (χ2v) is 9.51. The molecule has 4 nitrogen and oxygen atoms in total. The van der Waals surface area contributed by atoms with E-state index in [2.05, 4.69) is 26.0 Å². The Bertz CT molecular complexity index is 569. The van der Waals surface area contributed by atoms with Gasteiger partial charge in [-0.2, -0.15) is 0 Å². The Kier molecular flexibility index (Phi) is 6.09. The fourth-order valence-electron chi connectivity index (χ4n) is 4.87. The molecule has 0 bridgehead atoms. The van der Waals surface area contributed by atoms with Gasteiger partial charge in [-0.15, -0.1) is 0 Å². The van der Waals surface area contributed by atoms with Crippen molar-refractivity contribution in [2.75, 3.05) is 0 Å².